The molecule has 0 aliphatic carbocycles. The number of para-hydroxylation sites is 1. The molecule has 0 atom stereocenters. The summed E-state index contributed by atoms with van der Waals surface area (Å²) in [6, 6.07) is 60.4. The van der Waals surface area contributed by atoms with Gasteiger partial charge in [-0.1, -0.05) is 146 Å². The van der Waals surface area contributed by atoms with Crippen LogP contribution >= 0.6 is 0 Å². The molecule has 0 bridgehead atoms. The molecule has 0 saturated carbocycles. The van der Waals surface area contributed by atoms with E-state index in [0.717, 1.165) is 32.9 Å². The molecule has 4 nitrogen and oxygen atoms in total. The highest BCUT2D eigenvalue weighted by molar-refractivity contribution is 6.32. The Bertz CT molecular complexity index is 3110. The van der Waals surface area contributed by atoms with Crippen molar-refractivity contribution in [1.29, 1.82) is 0 Å². The fourth-order valence-corrected chi connectivity index (χ4v) is 7.97. The first-order valence-electron chi connectivity index (χ1n) is 17.3. The predicted octanol–water partition coefficient (Wildman–Crippen LogP) is 12.1. The molecule has 0 aliphatic heterocycles. The molecule has 2 aromatic heterocycles. The van der Waals surface area contributed by atoms with E-state index in [2.05, 4.69) is 174 Å². The van der Waals surface area contributed by atoms with Gasteiger partial charge in [-0.05, 0) is 72.7 Å². The normalized spacial score (nSPS) is 11.9. The van der Waals surface area contributed by atoms with Crippen molar-refractivity contribution in [2.45, 2.75) is 0 Å². The molecule has 0 saturated heterocycles. The lowest BCUT2D eigenvalue weighted by Crippen LogP contribution is -2.06. The van der Waals surface area contributed by atoms with Gasteiger partial charge in [-0.15, -0.1) is 0 Å². The number of hydrogen-bond donors (Lipinski definition) is 0. The van der Waals surface area contributed by atoms with Gasteiger partial charge in [0.15, 0.2) is 11.6 Å². The van der Waals surface area contributed by atoms with Crippen LogP contribution in [0.15, 0.2) is 170 Å². The maximum absolute atomic E-state index is 5.27. The van der Waals surface area contributed by atoms with Crippen LogP contribution in [0.2, 0.25) is 0 Å². The van der Waals surface area contributed by atoms with Gasteiger partial charge >= 0.3 is 0 Å². The van der Waals surface area contributed by atoms with Gasteiger partial charge in [0.05, 0.1) is 11.0 Å². The van der Waals surface area contributed by atoms with Crippen molar-refractivity contribution in [2.24, 2.45) is 0 Å². The molecule has 4 heteroatoms. The molecular formula is C47H28N4. The van der Waals surface area contributed by atoms with Crippen LogP contribution in [0.25, 0.3) is 104 Å². The lowest BCUT2D eigenvalue weighted by atomic mass is 9.94. The minimum absolute atomic E-state index is 0.590. The molecule has 0 spiro atoms. The summed E-state index contributed by atoms with van der Waals surface area (Å²) in [7, 11) is 0. The first-order chi connectivity index (χ1) is 25.3. The predicted molar refractivity (Wildman–Crippen MR) is 213 cm³/mol. The molecule has 2 heterocycles. The molecule has 236 valence electrons. The van der Waals surface area contributed by atoms with Gasteiger partial charge in [0.1, 0.15) is 0 Å². The van der Waals surface area contributed by atoms with Gasteiger partial charge in [-0.3, -0.25) is 4.57 Å². The number of rotatable bonds is 3. The van der Waals surface area contributed by atoms with E-state index >= 15 is 0 Å². The summed E-state index contributed by atoms with van der Waals surface area (Å²) in [6.07, 6.45) is 0. The van der Waals surface area contributed by atoms with Gasteiger partial charge in [0, 0.05) is 27.3 Å². The Hall–Kier alpha value is -6.91. The third kappa shape index (κ3) is 4.30. The SMILES string of the molecule is c1ccc2cc(-c3nc(-c4ccc5ccccc5c4)nc(-n4c5ccccc5c5c6c(ccc7ccc8ccccc8c76)ccc54)n3)ccc2c1. The van der Waals surface area contributed by atoms with E-state index in [1.165, 1.54) is 53.9 Å². The molecular weight excluding hydrogens is 621 g/mol. The van der Waals surface area contributed by atoms with Crippen LogP contribution in [0.1, 0.15) is 0 Å². The second-order valence-electron chi connectivity index (χ2n) is 13.3. The summed E-state index contributed by atoms with van der Waals surface area (Å²) in [5.41, 5.74) is 4.01. The molecule has 0 N–H and O–H groups in total. The topological polar surface area (TPSA) is 43.6 Å². The zero-order valence-electron chi connectivity index (χ0n) is 27.5. The summed E-state index contributed by atoms with van der Waals surface area (Å²) in [4.78, 5) is 15.7. The van der Waals surface area contributed by atoms with Gasteiger partial charge in [0.25, 0.3) is 0 Å². The highest BCUT2D eigenvalue weighted by atomic mass is 15.2. The van der Waals surface area contributed by atoms with Crippen molar-refractivity contribution in [1.82, 2.24) is 19.5 Å². The van der Waals surface area contributed by atoms with E-state index in [-0.39, 0.29) is 0 Å². The second-order valence-corrected chi connectivity index (χ2v) is 13.3. The Kier molecular flexibility index (Phi) is 5.92. The van der Waals surface area contributed by atoms with Crippen molar-refractivity contribution in [3.05, 3.63) is 170 Å². The maximum atomic E-state index is 5.27. The maximum Gasteiger partial charge on any atom is 0.238 e. The zero-order valence-corrected chi connectivity index (χ0v) is 27.5. The number of fused-ring (bicyclic) bond motifs is 11. The third-order valence-electron chi connectivity index (χ3n) is 10.4. The molecule has 0 fully saturated rings. The highest BCUT2D eigenvalue weighted by Gasteiger charge is 2.21. The van der Waals surface area contributed by atoms with Crippen LogP contribution in [0.5, 0.6) is 0 Å². The minimum Gasteiger partial charge on any atom is -0.278 e. The molecule has 11 rings (SSSR count). The fraction of sp³-hybridized carbons (Fsp3) is 0. The lowest BCUT2D eigenvalue weighted by Gasteiger charge is -2.12. The highest BCUT2D eigenvalue weighted by Crippen LogP contribution is 2.42. The molecule has 51 heavy (non-hydrogen) atoms. The summed E-state index contributed by atoms with van der Waals surface area (Å²) in [5, 5.41) is 14.4. The van der Waals surface area contributed by atoms with Crippen molar-refractivity contribution < 1.29 is 0 Å². The number of benzene rings is 9. The van der Waals surface area contributed by atoms with Gasteiger partial charge < -0.3 is 0 Å². The lowest BCUT2D eigenvalue weighted by molar-refractivity contribution is 0.954. The van der Waals surface area contributed by atoms with E-state index in [0.29, 0.717) is 17.6 Å². The molecule has 9 aromatic carbocycles. The van der Waals surface area contributed by atoms with E-state index in [1.807, 2.05) is 0 Å². The average molecular weight is 649 g/mol. The zero-order chi connectivity index (χ0) is 33.5. The Balaban J connectivity index is 1.25. The van der Waals surface area contributed by atoms with Crippen molar-refractivity contribution in [3.63, 3.8) is 0 Å². The van der Waals surface area contributed by atoms with E-state index in [4.69, 9.17) is 15.0 Å². The van der Waals surface area contributed by atoms with Gasteiger partial charge in [-0.2, -0.15) is 9.97 Å². The molecule has 0 aliphatic rings. The van der Waals surface area contributed by atoms with Crippen LogP contribution in [-0.2, 0) is 0 Å². The summed E-state index contributed by atoms with van der Waals surface area (Å²) in [5.74, 6) is 1.86. The largest absolute Gasteiger partial charge is 0.278 e. The van der Waals surface area contributed by atoms with Crippen LogP contribution in [0, 0.1) is 0 Å². The fourth-order valence-electron chi connectivity index (χ4n) is 7.97. The van der Waals surface area contributed by atoms with E-state index in [9.17, 15) is 0 Å². The summed E-state index contributed by atoms with van der Waals surface area (Å²) >= 11 is 0. The smallest absolute Gasteiger partial charge is 0.238 e. The average Bonchev–Trinajstić information content (AvgIpc) is 3.54. The second kappa shape index (κ2) is 10.8. The summed E-state index contributed by atoms with van der Waals surface area (Å²) < 4.78 is 2.23. The van der Waals surface area contributed by atoms with Crippen LogP contribution in [0.4, 0.5) is 0 Å². The molecule has 0 amide bonds. The van der Waals surface area contributed by atoms with Gasteiger partial charge in [0.2, 0.25) is 5.95 Å². The third-order valence-corrected chi connectivity index (χ3v) is 10.4. The van der Waals surface area contributed by atoms with Crippen molar-refractivity contribution in [2.75, 3.05) is 0 Å². The van der Waals surface area contributed by atoms with E-state index < -0.39 is 0 Å². The monoisotopic (exact) mass is 648 g/mol. The first kappa shape index (κ1) is 28.0. The standard InChI is InChI=1S/C47H28N4/c1-3-12-34-27-36(23-17-29(34)9-1)45-48-46(37-24-18-30-10-2-4-13-35(30)28-37)50-47(49-45)51-40-16-8-7-15-39(40)44-41(51)26-25-33-22-21-32-20-19-31-11-5-6-14-38(31)42(32)43(33)44/h1-28H. The Morgan fingerprint density at radius 2 is 0.804 bits per heavy atom. The Morgan fingerprint density at radius 3 is 1.47 bits per heavy atom. The first-order valence-corrected chi connectivity index (χ1v) is 17.3. The van der Waals surface area contributed by atoms with Crippen molar-refractivity contribution in [3.8, 4) is 28.7 Å². The van der Waals surface area contributed by atoms with Crippen LogP contribution in [-0.4, -0.2) is 19.5 Å². The molecule has 0 radical (unpaired) electrons. The Morgan fingerprint density at radius 1 is 0.314 bits per heavy atom. The van der Waals surface area contributed by atoms with Crippen LogP contribution in [0.3, 0.4) is 0 Å². The molecule has 11 aromatic rings. The van der Waals surface area contributed by atoms with Crippen LogP contribution < -0.4 is 0 Å². The number of aromatic nitrogens is 4. The Labute approximate surface area is 292 Å². The minimum atomic E-state index is 0.590. The summed E-state index contributed by atoms with van der Waals surface area (Å²) in [6.45, 7) is 0. The number of nitrogens with zero attached hydrogens (tertiary/aromatic N) is 4. The van der Waals surface area contributed by atoms with Crippen molar-refractivity contribution >= 4 is 75.7 Å². The van der Waals surface area contributed by atoms with Gasteiger partial charge in [-0.25, -0.2) is 4.98 Å². The van der Waals surface area contributed by atoms with E-state index in [1.54, 1.807) is 0 Å². The number of hydrogen-bond acceptors (Lipinski definition) is 3. The molecule has 0 unspecified atom stereocenters. The quantitative estimate of drug-likeness (QED) is 0.179.